The molecule has 0 saturated carbocycles. The van der Waals surface area contributed by atoms with E-state index in [0.717, 1.165) is 23.5 Å². The highest BCUT2D eigenvalue weighted by atomic mass is 79.9. The first-order valence-corrected chi connectivity index (χ1v) is 12.3. The summed E-state index contributed by atoms with van der Waals surface area (Å²) in [6.07, 6.45) is 0. The number of nitrogens with zero attached hydrogens (tertiary/aromatic N) is 1. The van der Waals surface area contributed by atoms with Gasteiger partial charge in [0.2, 0.25) is 0 Å². The molecule has 1 N–H and O–H groups in total. The largest absolute Gasteiger partial charge is 0.322 e. The Morgan fingerprint density at radius 3 is 2.20 bits per heavy atom. The third-order valence-electron chi connectivity index (χ3n) is 4.23. The van der Waals surface area contributed by atoms with Crippen LogP contribution in [0.4, 0.5) is 5.69 Å². The number of amides is 1. The molecule has 3 aromatic carbocycles. The number of carbonyl (C=O) groups is 2. The van der Waals surface area contributed by atoms with Gasteiger partial charge in [0.25, 0.3) is 5.91 Å². The Balaban J connectivity index is 1.43. The standard InChI is InChI=1S/C22H14Br2N2O2S2/c23-15-5-1-13(2-6-15)19(27)12-29-22-26-18-10-9-17(11-20(18)30-22)25-21(28)14-3-7-16(24)8-4-14/h1-11H,12H2,(H,25,28). The van der Waals surface area contributed by atoms with E-state index >= 15 is 0 Å². The molecule has 4 nitrogen and oxygen atoms in total. The number of ketones is 1. The first kappa shape index (κ1) is 21.2. The van der Waals surface area contributed by atoms with Crippen molar-refractivity contribution < 1.29 is 9.59 Å². The summed E-state index contributed by atoms with van der Waals surface area (Å²) in [6.45, 7) is 0. The second-order valence-corrected chi connectivity index (χ2v) is 10.4. The molecule has 1 amide bonds. The van der Waals surface area contributed by atoms with Crippen molar-refractivity contribution in [3.63, 3.8) is 0 Å². The highest BCUT2D eigenvalue weighted by Gasteiger charge is 2.11. The van der Waals surface area contributed by atoms with Crippen LogP contribution in [0.5, 0.6) is 0 Å². The summed E-state index contributed by atoms with van der Waals surface area (Å²) in [6, 6.07) is 20.2. The zero-order chi connectivity index (χ0) is 21.1. The van der Waals surface area contributed by atoms with Gasteiger partial charge in [-0.3, -0.25) is 9.59 Å². The third kappa shape index (κ3) is 5.18. The average molecular weight is 562 g/mol. The number of Topliss-reactive ketones (excluding diaryl/α,β-unsaturated/α-hetero) is 1. The van der Waals surface area contributed by atoms with Gasteiger partial charge in [0.05, 0.1) is 16.0 Å². The maximum Gasteiger partial charge on any atom is 0.255 e. The highest BCUT2D eigenvalue weighted by molar-refractivity contribution is 9.10. The van der Waals surface area contributed by atoms with Crippen LogP contribution in [-0.2, 0) is 0 Å². The molecule has 0 bridgehead atoms. The molecule has 1 aromatic heterocycles. The first-order valence-electron chi connectivity index (χ1n) is 8.87. The summed E-state index contributed by atoms with van der Waals surface area (Å²) in [5, 5.41) is 2.92. The van der Waals surface area contributed by atoms with Gasteiger partial charge >= 0.3 is 0 Å². The monoisotopic (exact) mass is 560 g/mol. The molecule has 1 heterocycles. The van der Waals surface area contributed by atoms with Gasteiger partial charge in [-0.15, -0.1) is 11.3 Å². The van der Waals surface area contributed by atoms with E-state index in [1.54, 1.807) is 12.1 Å². The predicted octanol–water partition coefficient (Wildman–Crippen LogP) is 7.05. The molecule has 0 aliphatic rings. The van der Waals surface area contributed by atoms with Gasteiger partial charge < -0.3 is 5.32 Å². The van der Waals surface area contributed by atoms with Crippen molar-refractivity contribution >= 4 is 82.6 Å². The number of halogens is 2. The number of thiazole rings is 1. The van der Waals surface area contributed by atoms with Crippen molar-refractivity contribution in [2.45, 2.75) is 4.34 Å². The Morgan fingerprint density at radius 2 is 1.53 bits per heavy atom. The Morgan fingerprint density at radius 1 is 0.900 bits per heavy atom. The van der Waals surface area contributed by atoms with Gasteiger partial charge in [-0.2, -0.15) is 0 Å². The molecular weight excluding hydrogens is 548 g/mol. The fourth-order valence-corrected chi connectivity index (χ4v) is 5.22. The minimum atomic E-state index is -0.166. The van der Waals surface area contributed by atoms with Crippen LogP contribution in [0.2, 0.25) is 0 Å². The van der Waals surface area contributed by atoms with E-state index in [0.29, 0.717) is 22.6 Å². The number of thioether (sulfide) groups is 1. The van der Waals surface area contributed by atoms with E-state index in [4.69, 9.17) is 0 Å². The molecule has 0 aliphatic carbocycles. The number of hydrogen-bond donors (Lipinski definition) is 1. The number of fused-ring (bicyclic) bond motifs is 1. The van der Waals surface area contributed by atoms with Gasteiger partial charge in [-0.1, -0.05) is 55.8 Å². The van der Waals surface area contributed by atoms with Crippen LogP contribution in [0.15, 0.2) is 80.0 Å². The van der Waals surface area contributed by atoms with Gasteiger partial charge in [-0.05, 0) is 54.6 Å². The maximum atomic E-state index is 12.4. The van der Waals surface area contributed by atoms with E-state index in [-0.39, 0.29) is 11.7 Å². The fourth-order valence-electron chi connectivity index (χ4n) is 2.69. The van der Waals surface area contributed by atoms with Gasteiger partial charge in [0.1, 0.15) is 0 Å². The molecular formula is C22H14Br2N2O2S2. The summed E-state index contributed by atoms with van der Waals surface area (Å²) >= 11 is 9.68. The second-order valence-electron chi connectivity index (χ2n) is 6.34. The molecule has 0 aliphatic heterocycles. The lowest BCUT2D eigenvalue weighted by Gasteiger charge is -2.05. The van der Waals surface area contributed by atoms with E-state index in [2.05, 4.69) is 42.2 Å². The number of anilines is 1. The second kappa shape index (κ2) is 9.43. The van der Waals surface area contributed by atoms with E-state index < -0.39 is 0 Å². The van der Waals surface area contributed by atoms with Crippen molar-refractivity contribution in [2.24, 2.45) is 0 Å². The molecule has 4 rings (SSSR count). The maximum absolute atomic E-state index is 12.4. The fraction of sp³-hybridized carbons (Fsp3) is 0.0455. The van der Waals surface area contributed by atoms with Crippen molar-refractivity contribution in [1.29, 1.82) is 0 Å². The van der Waals surface area contributed by atoms with E-state index in [9.17, 15) is 9.59 Å². The molecule has 0 radical (unpaired) electrons. The van der Waals surface area contributed by atoms with Crippen LogP contribution in [-0.4, -0.2) is 22.4 Å². The topological polar surface area (TPSA) is 59.1 Å². The zero-order valence-corrected chi connectivity index (χ0v) is 20.2. The zero-order valence-electron chi connectivity index (χ0n) is 15.4. The molecule has 4 aromatic rings. The lowest BCUT2D eigenvalue weighted by molar-refractivity contribution is 0.101. The van der Waals surface area contributed by atoms with Crippen LogP contribution in [0, 0.1) is 0 Å². The molecule has 150 valence electrons. The van der Waals surface area contributed by atoms with Crippen LogP contribution in [0.25, 0.3) is 10.2 Å². The summed E-state index contributed by atoms with van der Waals surface area (Å²) in [5.74, 6) is 0.226. The minimum absolute atomic E-state index is 0.0641. The summed E-state index contributed by atoms with van der Waals surface area (Å²) < 4.78 is 3.66. The molecule has 0 unspecified atom stereocenters. The molecule has 0 spiro atoms. The normalized spacial score (nSPS) is 10.9. The lowest BCUT2D eigenvalue weighted by atomic mass is 10.2. The van der Waals surface area contributed by atoms with Crippen LogP contribution < -0.4 is 5.32 Å². The summed E-state index contributed by atoms with van der Waals surface area (Å²) in [7, 11) is 0. The van der Waals surface area contributed by atoms with Crippen LogP contribution in [0.3, 0.4) is 0 Å². The van der Waals surface area contributed by atoms with Gasteiger partial charge in [-0.25, -0.2) is 4.98 Å². The minimum Gasteiger partial charge on any atom is -0.322 e. The SMILES string of the molecule is O=C(CSc1nc2ccc(NC(=O)c3ccc(Br)cc3)cc2s1)c1ccc(Br)cc1. The number of aromatic nitrogens is 1. The van der Waals surface area contributed by atoms with Crippen molar-refractivity contribution in [1.82, 2.24) is 4.98 Å². The molecule has 0 fully saturated rings. The quantitative estimate of drug-likeness (QED) is 0.202. The Labute approximate surface area is 198 Å². The van der Waals surface area contributed by atoms with E-state index in [1.165, 1.54) is 23.1 Å². The van der Waals surface area contributed by atoms with Crippen molar-refractivity contribution in [2.75, 3.05) is 11.1 Å². The van der Waals surface area contributed by atoms with Crippen molar-refractivity contribution in [3.8, 4) is 0 Å². The lowest BCUT2D eigenvalue weighted by Crippen LogP contribution is -2.11. The molecule has 8 heteroatoms. The van der Waals surface area contributed by atoms with Crippen LogP contribution >= 0.6 is 55.0 Å². The number of rotatable bonds is 6. The number of hydrogen-bond acceptors (Lipinski definition) is 5. The Hall–Kier alpha value is -2.00. The van der Waals surface area contributed by atoms with Gasteiger partial charge in [0, 0.05) is 25.8 Å². The number of nitrogens with one attached hydrogen (secondary N) is 1. The third-order valence-corrected chi connectivity index (χ3v) is 7.44. The number of benzene rings is 3. The van der Waals surface area contributed by atoms with Gasteiger partial charge in [0.15, 0.2) is 10.1 Å². The Bertz CT molecular complexity index is 1220. The highest BCUT2D eigenvalue weighted by Crippen LogP contribution is 2.32. The molecule has 30 heavy (non-hydrogen) atoms. The van der Waals surface area contributed by atoms with Crippen LogP contribution in [0.1, 0.15) is 20.7 Å². The molecule has 0 saturated heterocycles. The average Bonchev–Trinajstić information content (AvgIpc) is 3.15. The predicted molar refractivity (Wildman–Crippen MR) is 131 cm³/mol. The number of carbonyl (C=O) groups excluding carboxylic acids is 2. The smallest absolute Gasteiger partial charge is 0.255 e. The molecule has 0 atom stereocenters. The summed E-state index contributed by atoms with van der Waals surface area (Å²) in [5.41, 5.74) is 2.83. The van der Waals surface area contributed by atoms with Crippen molar-refractivity contribution in [3.05, 3.63) is 86.8 Å². The first-order chi connectivity index (χ1) is 14.5. The summed E-state index contributed by atoms with van der Waals surface area (Å²) in [4.78, 5) is 29.4. The van der Waals surface area contributed by atoms with E-state index in [1.807, 2.05) is 54.6 Å². The Kier molecular flexibility index (Phi) is 6.67.